The van der Waals surface area contributed by atoms with Crippen molar-refractivity contribution in [1.82, 2.24) is 9.97 Å². The molecule has 6 heteroatoms. The first-order valence-electron chi connectivity index (χ1n) is 12.0. The monoisotopic (exact) mass is 436 g/mol. The fourth-order valence-corrected chi connectivity index (χ4v) is 4.49. The summed E-state index contributed by atoms with van der Waals surface area (Å²) in [6.07, 6.45) is 21.1. The van der Waals surface area contributed by atoms with Gasteiger partial charge in [0.1, 0.15) is 5.82 Å². The predicted molar refractivity (Wildman–Crippen MR) is 125 cm³/mol. The van der Waals surface area contributed by atoms with Crippen LogP contribution in [0.4, 0.5) is 0 Å². The molecular weight excluding hydrogens is 396 g/mol. The summed E-state index contributed by atoms with van der Waals surface area (Å²) < 4.78 is 31.6. The van der Waals surface area contributed by atoms with Gasteiger partial charge in [0, 0.05) is 6.42 Å². The maximum atomic E-state index is 11.2. The van der Waals surface area contributed by atoms with Crippen LogP contribution in [-0.4, -0.2) is 22.9 Å². The Balaban J connectivity index is 1.47. The van der Waals surface area contributed by atoms with E-state index < -0.39 is 10.1 Å². The van der Waals surface area contributed by atoms with Gasteiger partial charge < -0.3 is 4.98 Å². The Hall–Kier alpha value is -1.40. The fourth-order valence-electron chi connectivity index (χ4n) is 3.98. The minimum Gasteiger partial charge on any atom is -0.342 e. The van der Waals surface area contributed by atoms with E-state index in [1.807, 2.05) is 0 Å². The number of unbranched alkanes of at least 4 members (excludes halogenated alkanes) is 14. The number of hydrogen-bond donors (Lipinski definition) is 2. The molecule has 0 saturated heterocycles. The van der Waals surface area contributed by atoms with Crippen LogP contribution in [0.15, 0.2) is 23.1 Å². The van der Waals surface area contributed by atoms with Crippen molar-refractivity contribution in [2.45, 2.75) is 115 Å². The smallest absolute Gasteiger partial charge is 0.294 e. The van der Waals surface area contributed by atoms with Crippen LogP contribution >= 0.6 is 0 Å². The largest absolute Gasteiger partial charge is 0.342 e. The number of imidazole rings is 1. The molecule has 0 aliphatic carbocycles. The second kappa shape index (κ2) is 13.8. The van der Waals surface area contributed by atoms with Crippen molar-refractivity contribution in [3.8, 4) is 0 Å². The molecule has 30 heavy (non-hydrogen) atoms. The van der Waals surface area contributed by atoms with E-state index in [-0.39, 0.29) is 4.90 Å². The van der Waals surface area contributed by atoms with Crippen LogP contribution in [-0.2, 0) is 16.5 Å². The number of rotatable bonds is 17. The van der Waals surface area contributed by atoms with Crippen LogP contribution in [0.5, 0.6) is 0 Å². The van der Waals surface area contributed by atoms with Crippen molar-refractivity contribution >= 4 is 21.2 Å². The molecule has 1 aromatic carbocycles. The lowest BCUT2D eigenvalue weighted by molar-refractivity contribution is 0.483. The first-order valence-corrected chi connectivity index (χ1v) is 13.4. The summed E-state index contributed by atoms with van der Waals surface area (Å²) in [7, 11) is -4.18. The average molecular weight is 437 g/mol. The number of aromatic amines is 1. The average Bonchev–Trinajstić information content (AvgIpc) is 3.12. The molecule has 2 rings (SSSR count). The maximum absolute atomic E-state index is 11.2. The molecule has 0 atom stereocenters. The lowest BCUT2D eigenvalue weighted by Gasteiger charge is -2.03. The molecule has 2 N–H and O–H groups in total. The quantitative estimate of drug-likeness (QED) is 0.202. The topological polar surface area (TPSA) is 83.1 Å². The molecular formula is C24H40N2O3S. The number of benzene rings is 1. The first-order chi connectivity index (χ1) is 14.5. The van der Waals surface area contributed by atoms with Gasteiger partial charge in [-0.2, -0.15) is 8.42 Å². The van der Waals surface area contributed by atoms with Gasteiger partial charge in [-0.3, -0.25) is 4.55 Å². The molecule has 0 aliphatic heterocycles. The zero-order valence-electron chi connectivity index (χ0n) is 18.7. The van der Waals surface area contributed by atoms with Crippen molar-refractivity contribution in [2.75, 3.05) is 0 Å². The third kappa shape index (κ3) is 9.61. The molecule has 0 unspecified atom stereocenters. The molecule has 0 spiro atoms. The van der Waals surface area contributed by atoms with Crippen LogP contribution in [0.2, 0.25) is 0 Å². The minimum absolute atomic E-state index is 0.0998. The molecule has 0 aliphatic rings. The Kier molecular flexibility index (Phi) is 11.4. The number of nitrogens with zero attached hydrogens (tertiary/aromatic N) is 1. The summed E-state index contributed by atoms with van der Waals surface area (Å²) >= 11 is 0. The zero-order chi connectivity index (χ0) is 21.7. The summed E-state index contributed by atoms with van der Waals surface area (Å²) in [6, 6.07) is 4.45. The van der Waals surface area contributed by atoms with Crippen molar-refractivity contribution in [1.29, 1.82) is 0 Å². The molecule has 0 saturated carbocycles. The molecule has 0 bridgehead atoms. The van der Waals surface area contributed by atoms with Gasteiger partial charge >= 0.3 is 0 Å². The SMILES string of the molecule is CCCCCCCCCCCCCCCCCc1nc2ccc(S(=O)(=O)O)cc2[nH]1. The van der Waals surface area contributed by atoms with Crippen molar-refractivity contribution in [3.63, 3.8) is 0 Å². The number of aryl methyl sites for hydroxylation is 1. The zero-order valence-corrected chi connectivity index (χ0v) is 19.5. The number of H-pyrrole nitrogens is 1. The fraction of sp³-hybridized carbons (Fsp3) is 0.708. The van der Waals surface area contributed by atoms with E-state index in [0.717, 1.165) is 24.2 Å². The number of aromatic nitrogens is 2. The first kappa shape index (κ1) is 24.9. The summed E-state index contributed by atoms with van der Waals surface area (Å²) in [5, 5.41) is 0. The van der Waals surface area contributed by atoms with Gasteiger partial charge in [-0.05, 0) is 24.6 Å². The van der Waals surface area contributed by atoms with Crippen molar-refractivity contribution < 1.29 is 13.0 Å². The van der Waals surface area contributed by atoms with Crippen LogP contribution in [0, 0.1) is 0 Å². The van der Waals surface area contributed by atoms with E-state index in [0.29, 0.717) is 5.52 Å². The van der Waals surface area contributed by atoms with E-state index in [9.17, 15) is 8.42 Å². The second-order valence-electron chi connectivity index (χ2n) is 8.54. The van der Waals surface area contributed by atoms with Crippen LogP contribution < -0.4 is 0 Å². The molecule has 170 valence electrons. The highest BCUT2D eigenvalue weighted by atomic mass is 32.2. The molecule has 1 heterocycles. The van der Waals surface area contributed by atoms with Crippen LogP contribution in [0.25, 0.3) is 11.0 Å². The van der Waals surface area contributed by atoms with Gasteiger partial charge in [0.25, 0.3) is 10.1 Å². The summed E-state index contributed by atoms with van der Waals surface area (Å²) in [6.45, 7) is 2.27. The van der Waals surface area contributed by atoms with Crippen molar-refractivity contribution in [2.24, 2.45) is 0 Å². The Morgan fingerprint density at radius 3 is 1.80 bits per heavy atom. The van der Waals surface area contributed by atoms with Crippen molar-refractivity contribution in [3.05, 3.63) is 24.0 Å². The molecule has 5 nitrogen and oxygen atoms in total. The van der Waals surface area contributed by atoms with Gasteiger partial charge in [0.15, 0.2) is 0 Å². The van der Waals surface area contributed by atoms with Crippen LogP contribution in [0.1, 0.15) is 109 Å². The van der Waals surface area contributed by atoms with Gasteiger partial charge in [0.05, 0.1) is 15.9 Å². The Bertz CT molecular complexity index is 830. The normalized spacial score (nSPS) is 12.1. The molecule has 0 fully saturated rings. The van der Waals surface area contributed by atoms with Gasteiger partial charge in [0.2, 0.25) is 0 Å². The van der Waals surface area contributed by atoms with E-state index in [1.54, 1.807) is 6.07 Å². The summed E-state index contributed by atoms with van der Waals surface area (Å²) in [4.78, 5) is 7.58. The third-order valence-electron chi connectivity index (χ3n) is 5.82. The molecule has 1 aromatic heterocycles. The highest BCUT2D eigenvalue weighted by molar-refractivity contribution is 7.85. The van der Waals surface area contributed by atoms with E-state index in [2.05, 4.69) is 16.9 Å². The van der Waals surface area contributed by atoms with E-state index >= 15 is 0 Å². The van der Waals surface area contributed by atoms with E-state index in [1.165, 1.54) is 102 Å². The number of hydrogen-bond acceptors (Lipinski definition) is 3. The molecule has 2 aromatic rings. The highest BCUT2D eigenvalue weighted by Gasteiger charge is 2.11. The molecule has 0 radical (unpaired) electrons. The number of fused-ring (bicyclic) bond motifs is 1. The highest BCUT2D eigenvalue weighted by Crippen LogP contribution is 2.19. The summed E-state index contributed by atoms with van der Waals surface area (Å²) in [5.74, 6) is 0.882. The van der Waals surface area contributed by atoms with Gasteiger partial charge in [-0.15, -0.1) is 0 Å². The third-order valence-corrected chi connectivity index (χ3v) is 6.67. The second-order valence-corrected chi connectivity index (χ2v) is 9.96. The van der Waals surface area contributed by atoms with Gasteiger partial charge in [-0.1, -0.05) is 96.8 Å². The summed E-state index contributed by atoms with van der Waals surface area (Å²) in [5.41, 5.74) is 1.39. The predicted octanol–water partition coefficient (Wildman–Crippen LogP) is 7.22. The lowest BCUT2D eigenvalue weighted by Crippen LogP contribution is -1.97. The number of nitrogens with one attached hydrogen (secondary N) is 1. The molecule has 0 amide bonds. The maximum Gasteiger partial charge on any atom is 0.294 e. The minimum atomic E-state index is -4.18. The van der Waals surface area contributed by atoms with E-state index in [4.69, 9.17) is 4.55 Å². The van der Waals surface area contributed by atoms with Gasteiger partial charge in [-0.25, -0.2) is 4.98 Å². The lowest BCUT2D eigenvalue weighted by atomic mass is 10.0. The standard InChI is InChI=1S/C24H40N2O3S/c1-2-3-4-5-6-7-8-9-10-11-12-13-14-15-16-17-24-25-22-19-18-21(30(27,28)29)20-23(22)26-24/h18-20H,2-17H2,1H3,(H,25,26)(H,27,28,29). The Morgan fingerprint density at radius 1 is 0.800 bits per heavy atom. The Labute approximate surface area is 182 Å². The Morgan fingerprint density at radius 2 is 1.30 bits per heavy atom. The van der Waals surface area contributed by atoms with Crippen LogP contribution in [0.3, 0.4) is 0 Å².